The van der Waals surface area contributed by atoms with Crippen molar-refractivity contribution in [2.45, 2.75) is 51.6 Å². The zero-order valence-electron chi connectivity index (χ0n) is 16.3. The summed E-state index contributed by atoms with van der Waals surface area (Å²) in [5, 5.41) is 6.95. The number of nitrogens with zero attached hydrogens (tertiary/aromatic N) is 4. The summed E-state index contributed by atoms with van der Waals surface area (Å²) in [4.78, 5) is 12.7. The van der Waals surface area contributed by atoms with Crippen LogP contribution in [0, 0.1) is 0 Å². The van der Waals surface area contributed by atoms with E-state index in [2.05, 4.69) is 39.2 Å². The molecule has 0 spiro atoms. The van der Waals surface area contributed by atoms with Crippen molar-refractivity contribution in [1.29, 1.82) is 0 Å². The molecule has 2 unspecified atom stereocenters. The van der Waals surface area contributed by atoms with Crippen LogP contribution in [0.4, 0.5) is 0 Å². The van der Waals surface area contributed by atoms with Gasteiger partial charge >= 0.3 is 0 Å². The van der Waals surface area contributed by atoms with Crippen LogP contribution in [-0.2, 0) is 0 Å². The van der Waals surface area contributed by atoms with Crippen molar-refractivity contribution < 1.29 is 0 Å². The maximum absolute atomic E-state index is 4.87. The first kappa shape index (κ1) is 18.9. The van der Waals surface area contributed by atoms with E-state index in [0.717, 1.165) is 31.6 Å². The summed E-state index contributed by atoms with van der Waals surface area (Å²) in [6.45, 7) is 16.0. The molecular weight excluding hydrogens is 312 g/mol. The molecule has 144 valence electrons. The summed E-state index contributed by atoms with van der Waals surface area (Å²) in [5.41, 5.74) is 0. The van der Waals surface area contributed by atoms with Crippen LogP contribution < -0.4 is 10.6 Å². The Kier molecular flexibility index (Phi) is 7.37. The van der Waals surface area contributed by atoms with Gasteiger partial charge in [-0.2, -0.15) is 0 Å². The smallest absolute Gasteiger partial charge is 0.191 e. The lowest BCUT2D eigenvalue weighted by Crippen LogP contribution is -2.62. The summed E-state index contributed by atoms with van der Waals surface area (Å²) in [6.07, 6.45) is 5.34. The maximum atomic E-state index is 4.87. The van der Waals surface area contributed by atoms with Gasteiger partial charge in [-0.3, -0.25) is 14.8 Å². The van der Waals surface area contributed by atoms with E-state index in [-0.39, 0.29) is 0 Å². The van der Waals surface area contributed by atoms with Crippen molar-refractivity contribution in [2.24, 2.45) is 4.99 Å². The fourth-order valence-corrected chi connectivity index (χ4v) is 4.41. The molecule has 4 fully saturated rings. The van der Waals surface area contributed by atoms with E-state index in [1.54, 1.807) is 0 Å². The minimum Gasteiger partial charge on any atom is -0.357 e. The molecule has 6 nitrogen and oxygen atoms in total. The lowest BCUT2D eigenvalue weighted by Gasteiger charge is -2.47. The van der Waals surface area contributed by atoms with Crippen LogP contribution >= 0.6 is 0 Å². The lowest BCUT2D eigenvalue weighted by molar-refractivity contribution is 0.0174. The van der Waals surface area contributed by atoms with Gasteiger partial charge in [-0.1, -0.05) is 6.42 Å². The van der Waals surface area contributed by atoms with Crippen LogP contribution in [0.15, 0.2) is 4.99 Å². The standard InChI is InChI=1S/C19H38N6/c1-3-20-19(21-8-6-10-24-9-5-4-7-17(24)2)22-15-18-16-23-11-13-25(18)14-12-23/h17-18H,3-16H2,1-2H3,(H2,20,21,22). The number of likely N-dealkylation sites (tertiary alicyclic amines) is 1. The second kappa shape index (κ2) is 9.74. The minimum atomic E-state index is 0.604. The van der Waals surface area contributed by atoms with Crippen LogP contribution in [-0.4, -0.2) is 98.2 Å². The normalized spacial score (nSPS) is 33.4. The van der Waals surface area contributed by atoms with Crippen molar-refractivity contribution in [3.8, 4) is 0 Å². The molecule has 0 aromatic heterocycles. The fourth-order valence-electron chi connectivity index (χ4n) is 4.41. The number of guanidine groups is 1. The molecule has 4 heterocycles. The Hall–Kier alpha value is -0.850. The summed E-state index contributed by atoms with van der Waals surface area (Å²) < 4.78 is 0. The van der Waals surface area contributed by atoms with E-state index in [0.29, 0.717) is 6.04 Å². The van der Waals surface area contributed by atoms with Gasteiger partial charge in [0.25, 0.3) is 0 Å². The molecule has 0 aromatic carbocycles. The summed E-state index contributed by atoms with van der Waals surface area (Å²) >= 11 is 0. The monoisotopic (exact) mass is 350 g/mol. The lowest BCUT2D eigenvalue weighted by atomic mass is 10.0. The predicted molar refractivity (Wildman–Crippen MR) is 105 cm³/mol. The van der Waals surface area contributed by atoms with Gasteiger partial charge in [0.05, 0.1) is 6.54 Å². The number of hydrogen-bond donors (Lipinski definition) is 2. The number of aliphatic imine (C=N–C) groups is 1. The number of piperidine rings is 1. The Morgan fingerprint density at radius 1 is 1.08 bits per heavy atom. The Morgan fingerprint density at radius 3 is 2.60 bits per heavy atom. The van der Waals surface area contributed by atoms with Crippen molar-refractivity contribution in [3.05, 3.63) is 0 Å². The SMILES string of the molecule is CCNC(=NCC1CN2CCN1CC2)NCCCN1CCCCC1C. The van der Waals surface area contributed by atoms with E-state index in [1.165, 1.54) is 71.5 Å². The van der Waals surface area contributed by atoms with Crippen molar-refractivity contribution in [1.82, 2.24) is 25.3 Å². The quantitative estimate of drug-likeness (QED) is 0.404. The van der Waals surface area contributed by atoms with Crippen molar-refractivity contribution >= 4 is 5.96 Å². The van der Waals surface area contributed by atoms with Gasteiger partial charge in [0, 0.05) is 64.4 Å². The zero-order valence-corrected chi connectivity index (χ0v) is 16.3. The van der Waals surface area contributed by atoms with Crippen LogP contribution in [0.25, 0.3) is 0 Å². The van der Waals surface area contributed by atoms with Crippen LogP contribution in [0.3, 0.4) is 0 Å². The van der Waals surface area contributed by atoms with E-state index in [4.69, 9.17) is 4.99 Å². The Morgan fingerprint density at radius 2 is 1.92 bits per heavy atom. The number of fused-ring (bicyclic) bond motifs is 3. The molecule has 0 aliphatic carbocycles. The van der Waals surface area contributed by atoms with E-state index < -0.39 is 0 Å². The van der Waals surface area contributed by atoms with Crippen LogP contribution in [0.5, 0.6) is 0 Å². The van der Waals surface area contributed by atoms with Crippen molar-refractivity contribution in [2.75, 3.05) is 65.4 Å². The molecule has 25 heavy (non-hydrogen) atoms. The van der Waals surface area contributed by atoms with Crippen molar-refractivity contribution in [3.63, 3.8) is 0 Å². The fraction of sp³-hybridized carbons (Fsp3) is 0.947. The minimum absolute atomic E-state index is 0.604. The number of rotatable bonds is 7. The van der Waals surface area contributed by atoms with Gasteiger partial charge in [0.1, 0.15) is 0 Å². The molecule has 0 radical (unpaired) electrons. The highest BCUT2D eigenvalue weighted by atomic mass is 15.3. The number of piperazine rings is 3. The Labute approximate surface area is 154 Å². The highest BCUT2D eigenvalue weighted by Crippen LogP contribution is 2.16. The van der Waals surface area contributed by atoms with E-state index >= 15 is 0 Å². The first-order chi connectivity index (χ1) is 12.3. The summed E-state index contributed by atoms with van der Waals surface area (Å²) in [6, 6.07) is 1.37. The molecule has 0 saturated carbocycles. The molecule has 4 saturated heterocycles. The van der Waals surface area contributed by atoms with E-state index in [1.807, 2.05) is 0 Å². The second-order valence-corrected chi connectivity index (χ2v) is 7.87. The van der Waals surface area contributed by atoms with Gasteiger partial charge in [0.2, 0.25) is 0 Å². The number of hydrogen-bond acceptors (Lipinski definition) is 4. The maximum Gasteiger partial charge on any atom is 0.191 e. The zero-order chi connectivity index (χ0) is 17.5. The molecule has 4 rings (SSSR count). The first-order valence-corrected chi connectivity index (χ1v) is 10.5. The molecule has 2 bridgehead atoms. The topological polar surface area (TPSA) is 46.1 Å². The third-order valence-electron chi connectivity index (χ3n) is 6.05. The highest BCUT2D eigenvalue weighted by molar-refractivity contribution is 5.79. The molecule has 4 aliphatic heterocycles. The molecule has 2 N–H and O–H groups in total. The van der Waals surface area contributed by atoms with Gasteiger partial charge < -0.3 is 15.5 Å². The Bertz CT molecular complexity index is 418. The average molecular weight is 351 g/mol. The summed E-state index contributed by atoms with van der Waals surface area (Å²) in [5.74, 6) is 0.992. The Balaban J connectivity index is 1.38. The predicted octanol–water partition coefficient (Wildman–Crippen LogP) is 0.806. The van der Waals surface area contributed by atoms with Crippen LogP contribution in [0.1, 0.15) is 39.5 Å². The first-order valence-electron chi connectivity index (χ1n) is 10.5. The molecule has 0 amide bonds. The highest BCUT2D eigenvalue weighted by Gasteiger charge is 2.31. The summed E-state index contributed by atoms with van der Waals surface area (Å²) in [7, 11) is 0. The van der Waals surface area contributed by atoms with Gasteiger partial charge in [-0.25, -0.2) is 0 Å². The average Bonchev–Trinajstić information content (AvgIpc) is 2.65. The molecule has 4 aliphatic rings. The van der Waals surface area contributed by atoms with E-state index in [9.17, 15) is 0 Å². The molecule has 6 heteroatoms. The largest absolute Gasteiger partial charge is 0.357 e. The van der Waals surface area contributed by atoms with Gasteiger partial charge in [0.15, 0.2) is 5.96 Å². The molecule has 0 aromatic rings. The van der Waals surface area contributed by atoms with Gasteiger partial charge in [-0.15, -0.1) is 0 Å². The molecular formula is C19H38N6. The third kappa shape index (κ3) is 5.56. The van der Waals surface area contributed by atoms with Crippen LogP contribution in [0.2, 0.25) is 0 Å². The van der Waals surface area contributed by atoms with Gasteiger partial charge in [-0.05, 0) is 39.7 Å². The molecule has 2 atom stereocenters. The second-order valence-electron chi connectivity index (χ2n) is 7.87. The third-order valence-corrected chi connectivity index (χ3v) is 6.05. The number of nitrogens with one attached hydrogen (secondary N) is 2.